The lowest BCUT2D eigenvalue weighted by molar-refractivity contribution is 0.0693. The van der Waals surface area contributed by atoms with E-state index >= 15 is 0 Å². The van der Waals surface area contributed by atoms with Crippen LogP contribution in [-0.4, -0.2) is 33.6 Å². The largest absolute Gasteiger partial charge is 0.377 e. The highest BCUT2D eigenvalue weighted by Gasteiger charge is 2.17. The second-order valence-electron chi connectivity index (χ2n) is 4.16. The molecule has 0 radical (unpaired) electrons. The maximum absolute atomic E-state index is 13.6. The van der Waals surface area contributed by atoms with Crippen molar-refractivity contribution in [2.45, 2.75) is 24.8 Å². The van der Waals surface area contributed by atoms with Gasteiger partial charge in [-0.2, -0.15) is 0 Å². The maximum atomic E-state index is 13.6. The van der Waals surface area contributed by atoms with Crippen molar-refractivity contribution < 1.29 is 22.3 Å². The number of primary sulfonamides is 1. The molecule has 1 aromatic carbocycles. The summed E-state index contributed by atoms with van der Waals surface area (Å²) in [5, 5.41) is 7.40. The first kappa shape index (κ1) is 16.5. The molecule has 0 aliphatic rings. The van der Waals surface area contributed by atoms with Crippen molar-refractivity contribution >= 4 is 15.9 Å². The van der Waals surface area contributed by atoms with Crippen molar-refractivity contribution in [2.75, 3.05) is 13.2 Å². The molecule has 1 atom stereocenters. The molecule has 0 aliphatic carbocycles. The lowest BCUT2D eigenvalue weighted by Gasteiger charge is -2.13. The molecule has 1 amide bonds. The Labute approximate surface area is 117 Å². The van der Waals surface area contributed by atoms with Crippen molar-refractivity contribution in [3.8, 4) is 0 Å². The number of carbonyl (C=O) groups is 1. The topological polar surface area (TPSA) is 98.5 Å². The van der Waals surface area contributed by atoms with Gasteiger partial charge in [0.15, 0.2) is 0 Å². The van der Waals surface area contributed by atoms with E-state index in [4.69, 9.17) is 9.88 Å². The van der Waals surface area contributed by atoms with Crippen LogP contribution in [0.1, 0.15) is 24.2 Å². The fourth-order valence-electron chi connectivity index (χ4n) is 1.53. The number of nitrogens with one attached hydrogen (secondary N) is 1. The van der Waals surface area contributed by atoms with E-state index in [9.17, 15) is 17.6 Å². The first-order valence-corrected chi connectivity index (χ1v) is 7.52. The number of sulfonamides is 1. The van der Waals surface area contributed by atoms with E-state index in [0.717, 1.165) is 18.2 Å². The summed E-state index contributed by atoms with van der Waals surface area (Å²) >= 11 is 0. The van der Waals surface area contributed by atoms with E-state index in [-0.39, 0.29) is 23.1 Å². The minimum Gasteiger partial charge on any atom is -0.377 e. The predicted molar refractivity (Wildman–Crippen MR) is 71.2 cm³/mol. The highest BCUT2D eigenvalue weighted by atomic mass is 32.2. The van der Waals surface area contributed by atoms with Gasteiger partial charge in [0.25, 0.3) is 5.91 Å². The van der Waals surface area contributed by atoms with Crippen LogP contribution in [0.3, 0.4) is 0 Å². The highest BCUT2D eigenvalue weighted by Crippen LogP contribution is 2.14. The van der Waals surface area contributed by atoms with Gasteiger partial charge in [-0.25, -0.2) is 17.9 Å². The molecule has 3 N–H and O–H groups in total. The van der Waals surface area contributed by atoms with E-state index in [1.807, 2.05) is 6.92 Å². The molecule has 20 heavy (non-hydrogen) atoms. The summed E-state index contributed by atoms with van der Waals surface area (Å²) in [6, 6.07) is 2.80. The van der Waals surface area contributed by atoms with Crippen molar-refractivity contribution in [1.29, 1.82) is 0 Å². The molecule has 0 bridgehead atoms. The zero-order valence-corrected chi connectivity index (χ0v) is 12.0. The average molecular weight is 304 g/mol. The number of benzene rings is 1. The SMILES string of the molecule is CCOC(C)CNC(=O)c1cc(S(N)(=O)=O)ccc1F. The number of rotatable bonds is 6. The first-order chi connectivity index (χ1) is 9.25. The molecule has 1 aromatic rings. The van der Waals surface area contributed by atoms with Crippen molar-refractivity contribution in [3.63, 3.8) is 0 Å². The standard InChI is InChI=1S/C12H17FN2O4S/c1-3-19-8(2)7-15-12(16)10-6-9(20(14,17)18)4-5-11(10)13/h4-6,8H,3,7H2,1-2H3,(H,15,16)(H2,14,17,18). The van der Waals surface area contributed by atoms with Gasteiger partial charge >= 0.3 is 0 Å². The molecule has 1 rings (SSSR count). The van der Waals surface area contributed by atoms with Gasteiger partial charge in [-0.1, -0.05) is 0 Å². The second-order valence-corrected chi connectivity index (χ2v) is 5.72. The number of hydrogen-bond donors (Lipinski definition) is 2. The lowest BCUT2D eigenvalue weighted by Crippen LogP contribution is -2.32. The third-order valence-corrected chi connectivity index (χ3v) is 3.42. The van der Waals surface area contributed by atoms with Crippen LogP contribution in [-0.2, 0) is 14.8 Å². The Morgan fingerprint density at radius 3 is 2.70 bits per heavy atom. The summed E-state index contributed by atoms with van der Waals surface area (Å²) in [6.07, 6.45) is -0.228. The molecular formula is C12H17FN2O4S. The normalized spacial score (nSPS) is 13.0. The fourth-order valence-corrected chi connectivity index (χ4v) is 2.07. The molecule has 0 aliphatic heterocycles. The minimum absolute atomic E-state index is 0.186. The first-order valence-electron chi connectivity index (χ1n) is 5.97. The average Bonchev–Trinajstić information content (AvgIpc) is 2.35. The number of hydrogen-bond acceptors (Lipinski definition) is 4. The Hall–Kier alpha value is -1.51. The molecule has 1 unspecified atom stereocenters. The van der Waals surface area contributed by atoms with Gasteiger partial charge in [-0.05, 0) is 32.0 Å². The van der Waals surface area contributed by atoms with Crippen LogP contribution in [0.2, 0.25) is 0 Å². The van der Waals surface area contributed by atoms with Gasteiger partial charge in [0.1, 0.15) is 5.82 Å². The van der Waals surface area contributed by atoms with E-state index in [0.29, 0.717) is 6.61 Å². The summed E-state index contributed by atoms with van der Waals surface area (Å²) in [7, 11) is -3.99. The van der Waals surface area contributed by atoms with Gasteiger partial charge in [0.05, 0.1) is 16.6 Å². The highest BCUT2D eigenvalue weighted by molar-refractivity contribution is 7.89. The number of carbonyl (C=O) groups excluding carboxylic acids is 1. The molecule has 112 valence electrons. The van der Waals surface area contributed by atoms with Crippen LogP contribution < -0.4 is 10.5 Å². The Kier molecular flexibility index (Phi) is 5.61. The van der Waals surface area contributed by atoms with E-state index < -0.39 is 21.7 Å². The van der Waals surface area contributed by atoms with Gasteiger partial charge in [0.2, 0.25) is 10.0 Å². The third-order valence-electron chi connectivity index (χ3n) is 2.51. The van der Waals surface area contributed by atoms with Gasteiger partial charge < -0.3 is 10.1 Å². The monoisotopic (exact) mass is 304 g/mol. The molecule has 0 heterocycles. The minimum atomic E-state index is -3.99. The van der Waals surface area contributed by atoms with Crippen LogP contribution in [0.15, 0.2) is 23.1 Å². The van der Waals surface area contributed by atoms with E-state index in [1.165, 1.54) is 0 Å². The number of ether oxygens (including phenoxy) is 1. The van der Waals surface area contributed by atoms with Crippen LogP contribution >= 0.6 is 0 Å². The van der Waals surface area contributed by atoms with Crippen molar-refractivity contribution in [1.82, 2.24) is 5.32 Å². The molecule has 0 spiro atoms. The second kappa shape index (κ2) is 6.78. The third kappa shape index (κ3) is 4.55. The summed E-state index contributed by atoms with van der Waals surface area (Å²) in [5.74, 6) is -1.54. The molecule has 8 heteroatoms. The zero-order valence-electron chi connectivity index (χ0n) is 11.2. The maximum Gasteiger partial charge on any atom is 0.254 e. The summed E-state index contributed by atoms with van der Waals surface area (Å²) in [4.78, 5) is 11.5. The number of nitrogens with two attached hydrogens (primary N) is 1. The molecule has 0 saturated heterocycles. The van der Waals surface area contributed by atoms with Gasteiger partial charge in [-0.3, -0.25) is 4.79 Å². The predicted octanol–water partition coefficient (Wildman–Crippen LogP) is 0.628. The molecule has 0 fully saturated rings. The fraction of sp³-hybridized carbons (Fsp3) is 0.417. The molecular weight excluding hydrogens is 287 g/mol. The summed E-state index contributed by atoms with van der Waals surface area (Å²) in [5.41, 5.74) is -0.375. The Morgan fingerprint density at radius 2 is 2.15 bits per heavy atom. The van der Waals surface area contributed by atoms with Gasteiger partial charge in [-0.15, -0.1) is 0 Å². The smallest absolute Gasteiger partial charge is 0.254 e. The van der Waals surface area contributed by atoms with Crippen LogP contribution in [0.25, 0.3) is 0 Å². The quantitative estimate of drug-likeness (QED) is 0.805. The van der Waals surface area contributed by atoms with Crippen LogP contribution in [0.5, 0.6) is 0 Å². The molecule has 6 nitrogen and oxygen atoms in total. The Balaban J connectivity index is 2.87. The van der Waals surface area contributed by atoms with Crippen LogP contribution in [0, 0.1) is 5.82 Å². The number of amides is 1. The summed E-state index contributed by atoms with van der Waals surface area (Å²) < 4.78 is 41.1. The summed E-state index contributed by atoms with van der Waals surface area (Å²) in [6.45, 7) is 4.24. The molecule has 0 saturated carbocycles. The Bertz CT molecular complexity index is 589. The van der Waals surface area contributed by atoms with Gasteiger partial charge in [0, 0.05) is 13.2 Å². The molecule has 0 aromatic heterocycles. The van der Waals surface area contributed by atoms with E-state index in [1.54, 1.807) is 6.92 Å². The van der Waals surface area contributed by atoms with Crippen molar-refractivity contribution in [2.24, 2.45) is 5.14 Å². The van der Waals surface area contributed by atoms with Crippen molar-refractivity contribution in [3.05, 3.63) is 29.6 Å². The van der Waals surface area contributed by atoms with Crippen LogP contribution in [0.4, 0.5) is 4.39 Å². The van der Waals surface area contributed by atoms with E-state index in [2.05, 4.69) is 5.32 Å². The number of halogens is 1. The lowest BCUT2D eigenvalue weighted by atomic mass is 10.2. The Morgan fingerprint density at radius 1 is 1.50 bits per heavy atom. The zero-order chi connectivity index (χ0) is 15.3.